The maximum absolute atomic E-state index is 11.8. The highest BCUT2D eigenvalue weighted by molar-refractivity contribution is 5.93. The molecular weight excluding hydrogens is 252 g/mol. The zero-order chi connectivity index (χ0) is 14.4. The summed E-state index contributed by atoms with van der Waals surface area (Å²) in [5.74, 6) is -2.55. The van der Waals surface area contributed by atoms with Gasteiger partial charge in [0.05, 0.1) is 0 Å². The number of carboxylic acids is 2. The average molecular weight is 266 g/mol. The zero-order valence-electron chi connectivity index (χ0n) is 10.3. The van der Waals surface area contributed by atoms with Crippen LogP contribution >= 0.6 is 0 Å². The number of amides is 2. The van der Waals surface area contributed by atoms with Gasteiger partial charge in [0.25, 0.3) is 0 Å². The molecule has 2 amide bonds. The van der Waals surface area contributed by atoms with Gasteiger partial charge in [0.15, 0.2) is 0 Å². The quantitative estimate of drug-likeness (QED) is 0.737. The lowest BCUT2D eigenvalue weighted by Crippen LogP contribution is -2.41. The number of carbonyl (C=O) groups is 3. The Bertz CT molecular complexity index is 467. The molecule has 3 N–H and O–H groups in total. The van der Waals surface area contributed by atoms with Crippen LogP contribution in [0.4, 0.5) is 10.5 Å². The van der Waals surface area contributed by atoms with Crippen molar-refractivity contribution in [3.05, 3.63) is 29.8 Å². The van der Waals surface area contributed by atoms with Gasteiger partial charge in [-0.05, 0) is 19.1 Å². The Hall–Kier alpha value is -2.57. The molecule has 0 saturated heterocycles. The van der Waals surface area contributed by atoms with Gasteiger partial charge in [-0.15, -0.1) is 0 Å². The Morgan fingerprint density at radius 3 is 1.95 bits per heavy atom. The average Bonchev–Trinajstić information content (AvgIpc) is 2.30. The summed E-state index contributed by atoms with van der Waals surface area (Å²) in [5.41, 5.74) is 1.47. The zero-order valence-corrected chi connectivity index (χ0v) is 10.3. The van der Waals surface area contributed by atoms with Crippen LogP contribution < -0.4 is 5.32 Å². The number of urea groups is 1. The van der Waals surface area contributed by atoms with Crippen molar-refractivity contribution in [2.24, 2.45) is 0 Å². The minimum absolute atomic E-state index is 0.469. The number of hydrogen-bond donors (Lipinski definition) is 3. The first-order valence-corrected chi connectivity index (χ1v) is 5.44. The van der Waals surface area contributed by atoms with Crippen LogP contribution in [0.3, 0.4) is 0 Å². The van der Waals surface area contributed by atoms with Gasteiger partial charge < -0.3 is 20.4 Å². The van der Waals surface area contributed by atoms with Crippen molar-refractivity contribution < 1.29 is 24.6 Å². The lowest BCUT2D eigenvalue weighted by atomic mass is 10.2. The summed E-state index contributed by atoms with van der Waals surface area (Å²) in [6.07, 6.45) is 0. The third kappa shape index (κ3) is 5.07. The number of carboxylic acid groups (broad SMARTS) is 2. The Balaban J connectivity index is 2.73. The van der Waals surface area contributed by atoms with E-state index in [1.807, 2.05) is 6.92 Å². The third-order valence-electron chi connectivity index (χ3n) is 2.24. The van der Waals surface area contributed by atoms with Crippen LogP contribution in [-0.2, 0) is 9.59 Å². The number of aryl methyl sites for hydroxylation is 1. The van der Waals surface area contributed by atoms with Crippen LogP contribution in [-0.4, -0.2) is 46.2 Å². The molecule has 1 aromatic rings. The summed E-state index contributed by atoms with van der Waals surface area (Å²) in [6, 6.07) is 6.07. The molecule has 0 atom stereocenters. The molecule has 19 heavy (non-hydrogen) atoms. The van der Waals surface area contributed by atoms with Crippen molar-refractivity contribution in [2.75, 3.05) is 18.4 Å². The topological polar surface area (TPSA) is 107 Å². The van der Waals surface area contributed by atoms with E-state index in [2.05, 4.69) is 5.32 Å². The van der Waals surface area contributed by atoms with Crippen molar-refractivity contribution >= 4 is 23.7 Å². The first-order valence-electron chi connectivity index (χ1n) is 5.44. The van der Waals surface area contributed by atoms with Crippen LogP contribution in [0.2, 0.25) is 0 Å². The molecular formula is C12H14N2O5. The van der Waals surface area contributed by atoms with E-state index < -0.39 is 31.1 Å². The molecule has 0 bridgehead atoms. The Morgan fingerprint density at radius 1 is 1.05 bits per heavy atom. The molecule has 1 rings (SSSR count). The fourth-order valence-corrected chi connectivity index (χ4v) is 1.37. The van der Waals surface area contributed by atoms with Crippen molar-refractivity contribution in [1.29, 1.82) is 0 Å². The third-order valence-corrected chi connectivity index (χ3v) is 2.24. The summed E-state index contributed by atoms with van der Waals surface area (Å²) in [4.78, 5) is 33.6. The minimum atomic E-state index is -1.28. The van der Waals surface area contributed by atoms with Gasteiger partial charge in [-0.3, -0.25) is 9.59 Å². The second-order valence-corrected chi connectivity index (χ2v) is 3.94. The van der Waals surface area contributed by atoms with E-state index in [9.17, 15) is 14.4 Å². The predicted octanol–water partition coefficient (Wildman–Crippen LogP) is 0.998. The molecule has 0 aliphatic heterocycles. The Kier molecular flexibility index (Phi) is 4.87. The van der Waals surface area contributed by atoms with E-state index in [0.29, 0.717) is 10.6 Å². The maximum atomic E-state index is 11.8. The second-order valence-electron chi connectivity index (χ2n) is 3.94. The fourth-order valence-electron chi connectivity index (χ4n) is 1.37. The maximum Gasteiger partial charge on any atom is 0.323 e. The number of benzene rings is 1. The van der Waals surface area contributed by atoms with E-state index in [1.54, 1.807) is 24.3 Å². The molecule has 0 radical (unpaired) electrons. The van der Waals surface area contributed by atoms with E-state index in [0.717, 1.165) is 5.56 Å². The summed E-state index contributed by atoms with van der Waals surface area (Å²) >= 11 is 0. The normalized spacial score (nSPS) is 9.74. The molecule has 0 spiro atoms. The highest BCUT2D eigenvalue weighted by Crippen LogP contribution is 2.09. The fraction of sp³-hybridized carbons (Fsp3) is 0.250. The van der Waals surface area contributed by atoms with Crippen LogP contribution in [0.25, 0.3) is 0 Å². The van der Waals surface area contributed by atoms with Gasteiger partial charge in [0, 0.05) is 5.69 Å². The number of aliphatic carboxylic acids is 2. The Labute approximate surface area is 109 Å². The van der Waals surface area contributed by atoms with Crippen LogP contribution in [0, 0.1) is 6.92 Å². The number of nitrogens with zero attached hydrogens (tertiary/aromatic N) is 1. The molecule has 0 unspecified atom stereocenters. The van der Waals surface area contributed by atoms with Gasteiger partial charge in [-0.2, -0.15) is 0 Å². The summed E-state index contributed by atoms with van der Waals surface area (Å²) < 4.78 is 0. The molecule has 0 aliphatic rings. The first-order chi connectivity index (χ1) is 8.88. The predicted molar refractivity (Wildman–Crippen MR) is 67.0 cm³/mol. The van der Waals surface area contributed by atoms with E-state index in [1.165, 1.54) is 0 Å². The molecule has 0 aromatic heterocycles. The van der Waals surface area contributed by atoms with E-state index in [-0.39, 0.29) is 0 Å². The molecule has 0 heterocycles. The summed E-state index contributed by atoms with van der Waals surface area (Å²) in [5, 5.41) is 19.7. The van der Waals surface area contributed by atoms with Crippen molar-refractivity contribution in [3.8, 4) is 0 Å². The lowest BCUT2D eigenvalue weighted by molar-refractivity contribution is -0.140. The minimum Gasteiger partial charge on any atom is -0.480 e. The largest absolute Gasteiger partial charge is 0.480 e. The molecule has 7 heteroatoms. The molecule has 0 aliphatic carbocycles. The molecule has 0 fully saturated rings. The number of nitrogens with one attached hydrogen (secondary N) is 1. The Morgan fingerprint density at radius 2 is 1.53 bits per heavy atom. The highest BCUT2D eigenvalue weighted by atomic mass is 16.4. The highest BCUT2D eigenvalue weighted by Gasteiger charge is 2.19. The lowest BCUT2D eigenvalue weighted by Gasteiger charge is -2.19. The van der Waals surface area contributed by atoms with Gasteiger partial charge in [-0.1, -0.05) is 17.7 Å². The number of anilines is 1. The summed E-state index contributed by atoms with van der Waals surface area (Å²) in [7, 11) is 0. The van der Waals surface area contributed by atoms with Crippen LogP contribution in [0.5, 0.6) is 0 Å². The number of hydrogen-bond acceptors (Lipinski definition) is 3. The van der Waals surface area contributed by atoms with E-state index in [4.69, 9.17) is 10.2 Å². The van der Waals surface area contributed by atoms with Crippen molar-refractivity contribution in [3.63, 3.8) is 0 Å². The van der Waals surface area contributed by atoms with Crippen molar-refractivity contribution in [2.45, 2.75) is 6.92 Å². The number of carbonyl (C=O) groups excluding carboxylic acids is 1. The smallest absolute Gasteiger partial charge is 0.323 e. The second kappa shape index (κ2) is 6.39. The SMILES string of the molecule is Cc1ccc(NC(=O)N(CC(=O)O)CC(=O)O)cc1. The van der Waals surface area contributed by atoms with Crippen LogP contribution in [0.15, 0.2) is 24.3 Å². The first kappa shape index (κ1) is 14.5. The monoisotopic (exact) mass is 266 g/mol. The van der Waals surface area contributed by atoms with Gasteiger partial charge in [0.1, 0.15) is 13.1 Å². The number of rotatable bonds is 5. The van der Waals surface area contributed by atoms with Gasteiger partial charge in [-0.25, -0.2) is 4.79 Å². The standard InChI is InChI=1S/C12H14N2O5/c1-8-2-4-9(5-3-8)13-12(19)14(6-10(15)16)7-11(17)18/h2-5H,6-7H2,1H3,(H,13,19)(H,15,16)(H,17,18). The molecule has 1 aromatic carbocycles. The van der Waals surface area contributed by atoms with Gasteiger partial charge in [0.2, 0.25) is 0 Å². The van der Waals surface area contributed by atoms with Crippen LogP contribution in [0.1, 0.15) is 5.56 Å². The molecule has 0 saturated carbocycles. The van der Waals surface area contributed by atoms with Crippen molar-refractivity contribution in [1.82, 2.24) is 4.90 Å². The molecule has 7 nitrogen and oxygen atoms in total. The van der Waals surface area contributed by atoms with Gasteiger partial charge >= 0.3 is 18.0 Å². The van der Waals surface area contributed by atoms with E-state index >= 15 is 0 Å². The summed E-state index contributed by atoms with van der Waals surface area (Å²) in [6.45, 7) is 0.529. The molecule has 102 valence electrons.